The average Bonchev–Trinajstić information content (AvgIpc) is 2.54. The van der Waals surface area contributed by atoms with Crippen molar-refractivity contribution in [1.82, 2.24) is 9.97 Å². The molecule has 0 spiro atoms. The van der Waals surface area contributed by atoms with Crippen LogP contribution in [-0.4, -0.2) is 29.0 Å². The summed E-state index contributed by atoms with van der Waals surface area (Å²) in [6.07, 6.45) is 4.15. The van der Waals surface area contributed by atoms with Gasteiger partial charge in [0.25, 0.3) is 5.91 Å². The Morgan fingerprint density at radius 1 is 1.23 bits per heavy atom. The Kier molecular flexibility index (Phi) is 5.47. The molecule has 0 bridgehead atoms. The fraction of sp³-hybridized carbons (Fsp3) is 0.353. The van der Waals surface area contributed by atoms with Gasteiger partial charge >= 0.3 is 0 Å². The lowest BCUT2D eigenvalue weighted by Gasteiger charge is -2.21. The number of aryl methyl sites for hydroxylation is 1. The summed E-state index contributed by atoms with van der Waals surface area (Å²) in [5.41, 5.74) is 2.50. The van der Waals surface area contributed by atoms with Gasteiger partial charge < -0.3 is 10.2 Å². The lowest BCUT2D eigenvalue weighted by molar-refractivity contribution is 0.0987. The number of hydrogen-bond acceptors (Lipinski definition) is 4. The number of amides is 1. The van der Waals surface area contributed by atoms with Crippen molar-refractivity contribution in [3.05, 3.63) is 47.8 Å². The van der Waals surface area contributed by atoms with Gasteiger partial charge in [-0.25, -0.2) is 9.97 Å². The van der Waals surface area contributed by atoms with Crippen LogP contribution in [0.4, 0.5) is 11.6 Å². The summed E-state index contributed by atoms with van der Waals surface area (Å²) in [7, 11) is 0. The van der Waals surface area contributed by atoms with E-state index in [0.29, 0.717) is 18.1 Å². The first kappa shape index (κ1) is 15.9. The lowest BCUT2D eigenvalue weighted by atomic mass is 10.2. The Bertz CT molecular complexity index is 625. The van der Waals surface area contributed by atoms with Crippen LogP contribution < -0.4 is 10.2 Å². The molecule has 0 unspecified atom stereocenters. The Hall–Kier alpha value is -2.43. The first-order valence-electron chi connectivity index (χ1n) is 7.60. The summed E-state index contributed by atoms with van der Waals surface area (Å²) in [6.45, 7) is 7.46. The maximum Gasteiger partial charge on any atom is 0.261 e. The van der Waals surface area contributed by atoms with Crippen molar-refractivity contribution in [2.24, 2.45) is 0 Å². The van der Waals surface area contributed by atoms with Gasteiger partial charge in [-0.05, 0) is 38.0 Å². The molecule has 1 aromatic carbocycles. The van der Waals surface area contributed by atoms with Gasteiger partial charge in [-0.2, -0.15) is 0 Å². The molecule has 2 rings (SSSR count). The third kappa shape index (κ3) is 3.81. The zero-order valence-corrected chi connectivity index (χ0v) is 13.3. The van der Waals surface area contributed by atoms with Crippen molar-refractivity contribution < 1.29 is 4.79 Å². The van der Waals surface area contributed by atoms with E-state index in [9.17, 15) is 4.79 Å². The maximum absolute atomic E-state index is 12.6. The highest BCUT2D eigenvalue weighted by Crippen LogP contribution is 2.18. The molecule has 0 aliphatic rings. The van der Waals surface area contributed by atoms with Gasteiger partial charge in [-0.15, -0.1) is 0 Å². The summed E-state index contributed by atoms with van der Waals surface area (Å²) in [5.74, 6) is 0.465. The Morgan fingerprint density at radius 2 is 1.95 bits per heavy atom. The van der Waals surface area contributed by atoms with Gasteiger partial charge in [0.15, 0.2) is 0 Å². The zero-order chi connectivity index (χ0) is 15.9. The first-order valence-corrected chi connectivity index (χ1v) is 7.60. The minimum atomic E-state index is -0.0878. The van der Waals surface area contributed by atoms with E-state index in [4.69, 9.17) is 0 Å². The van der Waals surface area contributed by atoms with Crippen LogP contribution in [0, 0.1) is 6.92 Å². The second kappa shape index (κ2) is 7.54. The molecule has 2 aromatic rings. The van der Waals surface area contributed by atoms with Crippen LogP contribution in [0.5, 0.6) is 0 Å². The lowest BCUT2D eigenvalue weighted by Crippen LogP contribution is -2.30. The normalized spacial score (nSPS) is 10.3. The van der Waals surface area contributed by atoms with Crippen molar-refractivity contribution >= 4 is 17.5 Å². The van der Waals surface area contributed by atoms with E-state index in [0.717, 1.165) is 24.2 Å². The maximum atomic E-state index is 12.6. The standard InChI is InChI=1S/C17H22N4O/c1-4-9-18-17-19-11-14(12-20-17)16(22)21(5-2)15-8-6-7-13(3)10-15/h6-8,10-12H,4-5,9H2,1-3H3,(H,18,19,20). The van der Waals surface area contributed by atoms with Gasteiger partial charge in [0.1, 0.15) is 0 Å². The van der Waals surface area contributed by atoms with E-state index in [1.807, 2.05) is 38.1 Å². The number of carbonyl (C=O) groups is 1. The van der Waals surface area contributed by atoms with Crippen LogP contribution in [-0.2, 0) is 0 Å². The molecule has 0 fully saturated rings. The molecule has 22 heavy (non-hydrogen) atoms. The Morgan fingerprint density at radius 3 is 2.55 bits per heavy atom. The highest BCUT2D eigenvalue weighted by molar-refractivity contribution is 6.05. The first-order chi connectivity index (χ1) is 10.7. The monoisotopic (exact) mass is 298 g/mol. The van der Waals surface area contributed by atoms with E-state index < -0.39 is 0 Å². The number of nitrogens with one attached hydrogen (secondary N) is 1. The zero-order valence-electron chi connectivity index (χ0n) is 13.3. The minimum absolute atomic E-state index is 0.0878. The smallest absolute Gasteiger partial charge is 0.261 e. The van der Waals surface area contributed by atoms with Crippen LogP contribution in [0.3, 0.4) is 0 Å². The SMILES string of the molecule is CCCNc1ncc(C(=O)N(CC)c2cccc(C)c2)cn1. The number of carbonyl (C=O) groups excluding carboxylic acids is 1. The van der Waals surface area contributed by atoms with E-state index in [1.165, 1.54) is 0 Å². The molecule has 1 amide bonds. The molecular weight excluding hydrogens is 276 g/mol. The predicted octanol–water partition coefficient (Wildman–Crippen LogP) is 3.27. The highest BCUT2D eigenvalue weighted by atomic mass is 16.2. The highest BCUT2D eigenvalue weighted by Gasteiger charge is 2.17. The van der Waals surface area contributed by atoms with Crippen molar-refractivity contribution in [2.75, 3.05) is 23.3 Å². The summed E-state index contributed by atoms with van der Waals surface area (Å²) in [5, 5.41) is 3.10. The van der Waals surface area contributed by atoms with Crippen molar-refractivity contribution in [1.29, 1.82) is 0 Å². The molecule has 1 N–H and O–H groups in total. The van der Waals surface area contributed by atoms with Gasteiger partial charge in [-0.1, -0.05) is 19.1 Å². The molecule has 5 heteroatoms. The Balaban J connectivity index is 2.18. The number of nitrogens with zero attached hydrogens (tertiary/aromatic N) is 3. The fourth-order valence-corrected chi connectivity index (χ4v) is 2.16. The molecule has 0 saturated carbocycles. The largest absolute Gasteiger partial charge is 0.354 e. The molecule has 0 atom stereocenters. The van der Waals surface area contributed by atoms with E-state index in [-0.39, 0.29) is 5.91 Å². The third-order valence-corrected chi connectivity index (χ3v) is 3.31. The number of rotatable bonds is 6. The van der Waals surface area contributed by atoms with Crippen molar-refractivity contribution in [3.63, 3.8) is 0 Å². The Labute approximate surface area is 131 Å². The quantitative estimate of drug-likeness (QED) is 0.889. The molecule has 0 aliphatic heterocycles. The van der Waals surface area contributed by atoms with Crippen LogP contribution in [0.25, 0.3) is 0 Å². The second-order valence-electron chi connectivity index (χ2n) is 5.11. The van der Waals surface area contributed by atoms with Gasteiger partial charge in [0, 0.05) is 31.2 Å². The van der Waals surface area contributed by atoms with Crippen LogP contribution in [0.1, 0.15) is 36.2 Å². The molecular formula is C17H22N4O. The van der Waals surface area contributed by atoms with E-state index in [2.05, 4.69) is 22.2 Å². The van der Waals surface area contributed by atoms with Crippen LogP contribution in [0.2, 0.25) is 0 Å². The third-order valence-electron chi connectivity index (χ3n) is 3.31. The molecule has 0 radical (unpaired) electrons. The summed E-state index contributed by atoms with van der Waals surface area (Å²) in [6, 6.07) is 7.90. The molecule has 0 aliphatic carbocycles. The topological polar surface area (TPSA) is 58.1 Å². The number of hydrogen-bond donors (Lipinski definition) is 1. The number of aromatic nitrogens is 2. The number of benzene rings is 1. The second-order valence-corrected chi connectivity index (χ2v) is 5.11. The van der Waals surface area contributed by atoms with E-state index in [1.54, 1.807) is 17.3 Å². The van der Waals surface area contributed by atoms with Crippen LogP contribution in [0.15, 0.2) is 36.7 Å². The van der Waals surface area contributed by atoms with Gasteiger partial charge in [-0.3, -0.25) is 4.79 Å². The molecule has 1 aromatic heterocycles. The van der Waals surface area contributed by atoms with Crippen molar-refractivity contribution in [3.8, 4) is 0 Å². The molecule has 0 saturated heterocycles. The number of anilines is 2. The predicted molar refractivity (Wildman–Crippen MR) is 89.3 cm³/mol. The van der Waals surface area contributed by atoms with E-state index >= 15 is 0 Å². The van der Waals surface area contributed by atoms with Crippen molar-refractivity contribution in [2.45, 2.75) is 27.2 Å². The summed E-state index contributed by atoms with van der Waals surface area (Å²) >= 11 is 0. The average molecular weight is 298 g/mol. The minimum Gasteiger partial charge on any atom is -0.354 e. The molecule has 1 heterocycles. The fourth-order valence-electron chi connectivity index (χ4n) is 2.16. The molecule has 116 valence electrons. The van der Waals surface area contributed by atoms with Gasteiger partial charge in [0.2, 0.25) is 5.95 Å². The van der Waals surface area contributed by atoms with Gasteiger partial charge in [0.05, 0.1) is 5.56 Å². The molecule has 5 nitrogen and oxygen atoms in total. The summed E-state index contributed by atoms with van der Waals surface area (Å²) < 4.78 is 0. The summed E-state index contributed by atoms with van der Waals surface area (Å²) in [4.78, 5) is 22.8. The van der Waals surface area contributed by atoms with Crippen LogP contribution >= 0.6 is 0 Å².